The maximum atomic E-state index is 12.0. The fourth-order valence-electron chi connectivity index (χ4n) is 2.96. The Bertz CT molecular complexity index is 469. The highest BCUT2D eigenvalue weighted by atomic mass is 16.5. The number of hydrogen-bond donors (Lipinski definition) is 2. The van der Waals surface area contributed by atoms with Gasteiger partial charge in [0, 0.05) is 44.1 Å². The van der Waals surface area contributed by atoms with Crippen molar-refractivity contribution in [2.45, 2.75) is 58.5 Å². The molecule has 0 unspecified atom stereocenters. The Hall–Kier alpha value is -1.60. The lowest BCUT2D eigenvalue weighted by atomic mass is 10.2. The van der Waals surface area contributed by atoms with Crippen molar-refractivity contribution in [2.24, 2.45) is 0 Å². The van der Waals surface area contributed by atoms with Crippen LogP contribution in [0.4, 0.5) is 4.79 Å². The fraction of sp³-hybridized carbons (Fsp3) is 0.750. The molecule has 4 atom stereocenters. The molecule has 2 rings (SSSR count). The van der Waals surface area contributed by atoms with Crippen molar-refractivity contribution in [3.05, 3.63) is 18.5 Å². The number of carbonyl (C=O) groups excluding carboxylic acids is 1. The van der Waals surface area contributed by atoms with Crippen molar-refractivity contribution in [2.75, 3.05) is 19.6 Å². The summed E-state index contributed by atoms with van der Waals surface area (Å²) in [6.45, 7) is 11.4. The van der Waals surface area contributed by atoms with E-state index >= 15 is 0 Å². The van der Waals surface area contributed by atoms with Crippen LogP contribution in [0.1, 0.15) is 27.7 Å². The molecule has 0 bridgehead atoms. The third-order valence-electron chi connectivity index (χ3n) is 4.03. The minimum atomic E-state index is -0.133. The molecule has 0 saturated carbocycles. The lowest BCUT2D eigenvalue weighted by Gasteiger charge is -2.39. The van der Waals surface area contributed by atoms with Gasteiger partial charge in [-0.2, -0.15) is 5.10 Å². The number of carbonyl (C=O) groups is 1. The number of aromatic nitrogens is 2. The van der Waals surface area contributed by atoms with E-state index in [0.29, 0.717) is 13.1 Å². The average molecular weight is 323 g/mol. The summed E-state index contributed by atoms with van der Waals surface area (Å²) in [5.74, 6) is 0. The highest BCUT2D eigenvalue weighted by molar-refractivity contribution is 5.74. The first-order chi connectivity index (χ1) is 10.9. The SMILES string of the molecule is C[C@H](Cn1cccn1)NC(=O)NC[C@@H](C)N1C[C@@H](C)O[C@@H](C)C1. The Morgan fingerprint density at radius 2 is 2.04 bits per heavy atom. The van der Waals surface area contributed by atoms with Gasteiger partial charge in [-0.25, -0.2) is 4.79 Å². The minimum Gasteiger partial charge on any atom is -0.373 e. The van der Waals surface area contributed by atoms with E-state index in [-0.39, 0.29) is 30.3 Å². The van der Waals surface area contributed by atoms with Crippen LogP contribution in [-0.4, -0.2) is 64.6 Å². The first kappa shape index (κ1) is 17.7. The normalized spacial score (nSPS) is 24.9. The van der Waals surface area contributed by atoms with E-state index in [1.165, 1.54) is 0 Å². The molecule has 1 aromatic rings. The predicted molar refractivity (Wildman–Crippen MR) is 89.3 cm³/mol. The van der Waals surface area contributed by atoms with Crippen molar-refractivity contribution in [1.82, 2.24) is 25.3 Å². The van der Waals surface area contributed by atoms with Gasteiger partial charge in [0.2, 0.25) is 0 Å². The molecule has 130 valence electrons. The zero-order valence-electron chi connectivity index (χ0n) is 14.5. The largest absolute Gasteiger partial charge is 0.373 e. The second-order valence-corrected chi connectivity index (χ2v) is 6.54. The number of amides is 2. The molecular formula is C16H29N5O2. The summed E-state index contributed by atoms with van der Waals surface area (Å²) < 4.78 is 7.55. The van der Waals surface area contributed by atoms with Crippen LogP contribution in [0.2, 0.25) is 0 Å². The molecule has 0 aliphatic carbocycles. The van der Waals surface area contributed by atoms with Gasteiger partial charge in [-0.05, 0) is 33.8 Å². The Labute approximate surface area is 138 Å². The smallest absolute Gasteiger partial charge is 0.315 e. The van der Waals surface area contributed by atoms with Gasteiger partial charge in [-0.1, -0.05) is 0 Å². The van der Waals surface area contributed by atoms with E-state index in [2.05, 4.69) is 41.4 Å². The van der Waals surface area contributed by atoms with Gasteiger partial charge >= 0.3 is 6.03 Å². The molecule has 7 heteroatoms. The quantitative estimate of drug-likeness (QED) is 0.821. The lowest BCUT2D eigenvalue weighted by molar-refractivity contribution is -0.0778. The molecule has 0 spiro atoms. The third kappa shape index (κ3) is 5.84. The van der Waals surface area contributed by atoms with Crippen LogP contribution in [0, 0.1) is 0 Å². The molecule has 1 aliphatic heterocycles. The molecule has 1 aromatic heterocycles. The Kier molecular flexibility index (Phi) is 6.41. The molecule has 23 heavy (non-hydrogen) atoms. The van der Waals surface area contributed by atoms with Crippen molar-refractivity contribution in [3.63, 3.8) is 0 Å². The summed E-state index contributed by atoms with van der Waals surface area (Å²) in [6.07, 6.45) is 4.10. The van der Waals surface area contributed by atoms with Gasteiger partial charge < -0.3 is 15.4 Å². The number of hydrogen-bond acceptors (Lipinski definition) is 4. The van der Waals surface area contributed by atoms with Gasteiger partial charge in [-0.3, -0.25) is 9.58 Å². The first-order valence-corrected chi connectivity index (χ1v) is 8.35. The van der Waals surface area contributed by atoms with Gasteiger partial charge in [0.15, 0.2) is 0 Å². The van der Waals surface area contributed by atoms with Gasteiger partial charge in [-0.15, -0.1) is 0 Å². The molecule has 0 aromatic carbocycles. The number of urea groups is 1. The average Bonchev–Trinajstić information content (AvgIpc) is 2.96. The molecule has 2 heterocycles. The maximum Gasteiger partial charge on any atom is 0.315 e. The number of rotatable bonds is 6. The molecular weight excluding hydrogens is 294 g/mol. The third-order valence-corrected chi connectivity index (χ3v) is 4.03. The minimum absolute atomic E-state index is 0.0219. The van der Waals surface area contributed by atoms with E-state index in [9.17, 15) is 4.79 Å². The molecule has 7 nitrogen and oxygen atoms in total. The summed E-state index contributed by atoms with van der Waals surface area (Å²) in [6, 6.07) is 2.05. The van der Waals surface area contributed by atoms with Gasteiger partial charge in [0.1, 0.15) is 0 Å². The number of ether oxygens (including phenoxy) is 1. The Balaban J connectivity index is 1.69. The van der Waals surface area contributed by atoms with E-state index in [1.807, 2.05) is 23.9 Å². The second-order valence-electron chi connectivity index (χ2n) is 6.54. The van der Waals surface area contributed by atoms with Crippen molar-refractivity contribution < 1.29 is 9.53 Å². The number of nitrogens with one attached hydrogen (secondary N) is 2. The highest BCUT2D eigenvalue weighted by Gasteiger charge is 2.25. The van der Waals surface area contributed by atoms with E-state index in [1.54, 1.807) is 6.20 Å². The van der Waals surface area contributed by atoms with Crippen LogP contribution in [-0.2, 0) is 11.3 Å². The van der Waals surface area contributed by atoms with Gasteiger partial charge in [0.25, 0.3) is 0 Å². The van der Waals surface area contributed by atoms with E-state index in [4.69, 9.17) is 4.74 Å². The summed E-state index contributed by atoms with van der Waals surface area (Å²) in [7, 11) is 0. The van der Waals surface area contributed by atoms with Gasteiger partial charge in [0.05, 0.1) is 18.8 Å². The molecule has 2 N–H and O–H groups in total. The molecule has 0 radical (unpaired) electrons. The van der Waals surface area contributed by atoms with Crippen molar-refractivity contribution in [3.8, 4) is 0 Å². The Morgan fingerprint density at radius 3 is 2.65 bits per heavy atom. The van der Waals surface area contributed by atoms with Crippen LogP contribution in [0.15, 0.2) is 18.5 Å². The number of morpholine rings is 1. The fourth-order valence-corrected chi connectivity index (χ4v) is 2.96. The van der Waals surface area contributed by atoms with Crippen LogP contribution < -0.4 is 10.6 Å². The molecule has 1 fully saturated rings. The van der Waals surface area contributed by atoms with Crippen LogP contribution in [0.3, 0.4) is 0 Å². The molecule has 2 amide bonds. The van der Waals surface area contributed by atoms with Crippen molar-refractivity contribution in [1.29, 1.82) is 0 Å². The highest BCUT2D eigenvalue weighted by Crippen LogP contribution is 2.13. The van der Waals surface area contributed by atoms with Crippen LogP contribution in [0.25, 0.3) is 0 Å². The summed E-state index contributed by atoms with van der Waals surface area (Å²) in [5, 5.41) is 10.0. The molecule has 1 aliphatic rings. The number of nitrogens with zero attached hydrogens (tertiary/aromatic N) is 3. The molecule has 1 saturated heterocycles. The van der Waals surface area contributed by atoms with Crippen LogP contribution in [0.5, 0.6) is 0 Å². The van der Waals surface area contributed by atoms with Crippen molar-refractivity contribution >= 4 is 6.03 Å². The second kappa shape index (κ2) is 8.31. The lowest BCUT2D eigenvalue weighted by Crippen LogP contribution is -2.53. The summed E-state index contributed by atoms with van der Waals surface area (Å²) in [5.41, 5.74) is 0. The first-order valence-electron chi connectivity index (χ1n) is 8.35. The predicted octanol–water partition coefficient (Wildman–Crippen LogP) is 1.07. The zero-order chi connectivity index (χ0) is 16.8. The maximum absolute atomic E-state index is 12.0. The van der Waals surface area contributed by atoms with E-state index < -0.39 is 0 Å². The Morgan fingerprint density at radius 1 is 1.35 bits per heavy atom. The summed E-state index contributed by atoms with van der Waals surface area (Å²) in [4.78, 5) is 14.4. The topological polar surface area (TPSA) is 71.4 Å². The summed E-state index contributed by atoms with van der Waals surface area (Å²) >= 11 is 0. The zero-order valence-corrected chi connectivity index (χ0v) is 14.5. The van der Waals surface area contributed by atoms with E-state index in [0.717, 1.165) is 13.1 Å². The monoisotopic (exact) mass is 323 g/mol. The van der Waals surface area contributed by atoms with Crippen LogP contribution >= 0.6 is 0 Å². The standard InChI is InChI=1S/C16H29N5O2/c1-12(9-21-7-5-6-18-21)19-16(22)17-8-13(2)20-10-14(3)23-15(4)11-20/h5-7,12-15H,8-11H2,1-4H3,(H2,17,19,22)/t12-,13-,14-,15+/m1/s1.